The Morgan fingerprint density at radius 1 is 1.04 bits per heavy atom. The van der Waals surface area contributed by atoms with Crippen LogP contribution in [0.4, 0.5) is 0 Å². The van der Waals surface area contributed by atoms with Crippen molar-refractivity contribution < 1.29 is 13.2 Å². The van der Waals surface area contributed by atoms with E-state index in [1.165, 1.54) is 11.1 Å². The van der Waals surface area contributed by atoms with E-state index in [1.54, 1.807) is 0 Å². The van der Waals surface area contributed by atoms with Crippen LogP contribution in [0.5, 0.6) is 5.75 Å². The van der Waals surface area contributed by atoms with Gasteiger partial charge in [0.1, 0.15) is 5.75 Å². The van der Waals surface area contributed by atoms with Crippen LogP contribution < -0.4 is 9.46 Å². The molecule has 0 fully saturated rings. The first-order valence-electron chi connectivity index (χ1n) is 9.19. The van der Waals surface area contributed by atoms with E-state index in [1.807, 2.05) is 39.0 Å². The van der Waals surface area contributed by atoms with E-state index < -0.39 is 10.0 Å². The zero-order valence-electron chi connectivity index (χ0n) is 15.8. The molecule has 0 unspecified atom stereocenters. The molecular formula is C21H27NO3S. The zero-order chi connectivity index (χ0) is 18.7. The lowest BCUT2D eigenvalue weighted by molar-refractivity contribution is 0.357. The average Bonchev–Trinajstić information content (AvgIpc) is 3.00. The maximum absolute atomic E-state index is 12.6. The second kappa shape index (κ2) is 7.80. The molecule has 140 valence electrons. The number of fused-ring (bicyclic) bond motifs is 1. The fraction of sp³-hybridized carbons (Fsp3) is 0.429. The first kappa shape index (κ1) is 18.9. The van der Waals surface area contributed by atoms with Gasteiger partial charge in [0.15, 0.2) is 0 Å². The molecule has 2 aromatic carbocycles. The third kappa shape index (κ3) is 4.27. The normalized spacial score (nSPS) is 13.5. The first-order chi connectivity index (χ1) is 12.4. The molecule has 4 nitrogen and oxygen atoms in total. The van der Waals surface area contributed by atoms with Gasteiger partial charge in [-0.2, -0.15) is 0 Å². The second-order valence-electron chi connectivity index (χ2n) is 7.12. The minimum atomic E-state index is -3.46. The summed E-state index contributed by atoms with van der Waals surface area (Å²) in [5, 5.41) is 0. The van der Waals surface area contributed by atoms with Crippen molar-refractivity contribution in [1.29, 1.82) is 0 Å². The van der Waals surface area contributed by atoms with E-state index in [-0.39, 0.29) is 0 Å². The molecule has 0 radical (unpaired) electrons. The predicted octanol–water partition coefficient (Wildman–Crippen LogP) is 3.85. The SMILES string of the molecule is Cc1cc(C)c(S(=O)(=O)NCCCCc2ccc3c(c2)CCO3)c(C)c1. The Morgan fingerprint density at radius 2 is 1.77 bits per heavy atom. The van der Waals surface area contributed by atoms with Gasteiger partial charge in [-0.25, -0.2) is 13.1 Å². The van der Waals surface area contributed by atoms with Gasteiger partial charge < -0.3 is 4.74 Å². The van der Waals surface area contributed by atoms with Crippen LogP contribution in [0.15, 0.2) is 35.2 Å². The quantitative estimate of drug-likeness (QED) is 0.750. The Morgan fingerprint density at radius 3 is 2.50 bits per heavy atom. The fourth-order valence-electron chi connectivity index (χ4n) is 3.72. The van der Waals surface area contributed by atoms with E-state index in [4.69, 9.17) is 4.74 Å². The molecule has 1 heterocycles. The topological polar surface area (TPSA) is 55.4 Å². The minimum Gasteiger partial charge on any atom is -0.493 e. The Labute approximate surface area is 156 Å². The Hall–Kier alpha value is -1.85. The summed E-state index contributed by atoms with van der Waals surface area (Å²) >= 11 is 0. The van der Waals surface area contributed by atoms with Crippen molar-refractivity contribution in [2.45, 2.75) is 51.3 Å². The molecule has 0 bridgehead atoms. The smallest absolute Gasteiger partial charge is 0.241 e. The van der Waals surface area contributed by atoms with Crippen molar-refractivity contribution in [3.05, 3.63) is 58.1 Å². The summed E-state index contributed by atoms with van der Waals surface area (Å²) in [6.07, 6.45) is 3.71. The highest BCUT2D eigenvalue weighted by Crippen LogP contribution is 2.26. The predicted molar refractivity (Wildman–Crippen MR) is 104 cm³/mol. The molecule has 0 amide bonds. The maximum Gasteiger partial charge on any atom is 0.241 e. The van der Waals surface area contributed by atoms with E-state index >= 15 is 0 Å². The summed E-state index contributed by atoms with van der Waals surface area (Å²) in [6, 6.07) is 10.2. The van der Waals surface area contributed by atoms with Gasteiger partial charge in [-0.05, 0) is 68.4 Å². The molecule has 1 aliphatic rings. The van der Waals surface area contributed by atoms with Crippen LogP contribution in [0, 0.1) is 20.8 Å². The van der Waals surface area contributed by atoms with E-state index in [0.29, 0.717) is 11.4 Å². The molecule has 2 aromatic rings. The van der Waals surface area contributed by atoms with Crippen molar-refractivity contribution in [2.75, 3.05) is 13.2 Å². The Balaban J connectivity index is 1.52. The maximum atomic E-state index is 12.6. The van der Waals surface area contributed by atoms with Crippen molar-refractivity contribution in [2.24, 2.45) is 0 Å². The summed E-state index contributed by atoms with van der Waals surface area (Å²) in [5.74, 6) is 1.00. The van der Waals surface area contributed by atoms with Crippen molar-refractivity contribution in [3.63, 3.8) is 0 Å². The number of rotatable bonds is 7. The highest BCUT2D eigenvalue weighted by molar-refractivity contribution is 7.89. The lowest BCUT2D eigenvalue weighted by Gasteiger charge is -2.13. The van der Waals surface area contributed by atoms with Crippen LogP contribution >= 0.6 is 0 Å². The van der Waals surface area contributed by atoms with Crippen molar-refractivity contribution in [3.8, 4) is 5.75 Å². The van der Waals surface area contributed by atoms with E-state index in [2.05, 4.69) is 16.9 Å². The molecule has 0 saturated carbocycles. The molecular weight excluding hydrogens is 346 g/mol. The van der Waals surface area contributed by atoms with Crippen molar-refractivity contribution in [1.82, 2.24) is 4.72 Å². The van der Waals surface area contributed by atoms with Gasteiger partial charge in [-0.1, -0.05) is 29.8 Å². The number of hydrogen-bond donors (Lipinski definition) is 1. The van der Waals surface area contributed by atoms with Gasteiger partial charge in [0.05, 0.1) is 11.5 Å². The summed E-state index contributed by atoms with van der Waals surface area (Å²) in [5.41, 5.74) is 5.26. The number of unbranched alkanes of at least 4 members (excludes halogenated alkanes) is 1. The number of sulfonamides is 1. The highest BCUT2D eigenvalue weighted by Gasteiger charge is 2.19. The van der Waals surface area contributed by atoms with Crippen LogP contribution in [0.3, 0.4) is 0 Å². The number of nitrogens with one attached hydrogen (secondary N) is 1. The molecule has 1 aliphatic heterocycles. The van der Waals surface area contributed by atoms with Crippen LogP contribution in [0.25, 0.3) is 0 Å². The molecule has 0 aromatic heterocycles. The molecule has 5 heteroatoms. The lowest BCUT2D eigenvalue weighted by Crippen LogP contribution is -2.26. The summed E-state index contributed by atoms with van der Waals surface area (Å²) in [6.45, 7) is 6.93. The van der Waals surface area contributed by atoms with E-state index in [0.717, 1.165) is 54.7 Å². The van der Waals surface area contributed by atoms with Gasteiger partial charge in [-0.3, -0.25) is 0 Å². The monoisotopic (exact) mass is 373 g/mol. The third-order valence-corrected chi connectivity index (χ3v) is 6.58. The molecule has 0 saturated heterocycles. The standard InChI is InChI=1S/C21H27NO3S/c1-15-12-16(2)21(17(3)13-15)26(23,24)22-10-5-4-6-18-7-8-20-19(14-18)9-11-25-20/h7-8,12-14,22H,4-6,9-11H2,1-3H3. The number of aryl methyl sites for hydroxylation is 4. The largest absolute Gasteiger partial charge is 0.493 e. The van der Waals surface area contributed by atoms with Gasteiger partial charge in [-0.15, -0.1) is 0 Å². The van der Waals surface area contributed by atoms with Crippen LogP contribution in [0.1, 0.15) is 40.7 Å². The first-order valence-corrected chi connectivity index (χ1v) is 10.7. The number of benzene rings is 2. The number of ether oxygens (including phenoxy) is 1. The number of hydrogen-bond acceptors (Lipinski definition) is 3. The third-order valence-electron chi connectivity index (χ3n) is 4.81. The van der Waals surface area contributed by atoms with Crippen molar-refractivity contribution >= 4 is 10.0 Å². The summed E-state index contributed by atoms with van der Waals surface area (Å²) in [4.78, 5) is 0.418. The average molecular weight is 374 g/mol. The van der Waals surface area contributed by atoms with E-state index in [9.17, 15) is 8.42 Å². The Kier molecular flexibility index (Phi) is 5.68. The molecule has 3 rings (SSSR count). The van der Waals surface area contributed by atoms with Crippen LogP contribution in [0.2, 0.25) is 0 Å². The van der Waals surface area contributed by atoms with Gasteiger partial charge in [0.2, 0.25) is 10.0 Å². The fourth-order valence-corrected chi connectivity index (χ4v) is 5.24. The second-order valence-corrected chi connectivity index (χ2v) is 8.83. The lowest BCUT2D eigenvalue weighted by atomic mass is 10.0. The highest BCUT2D eigenvalue weighted by atomic mass is 32.2. The molecule has 0 spiro atoms. The molecule has 1 N–H and O–H groups in total. The van der Waals surface area contributed by atoms with Crippen LogP contribution in [-0.2, 0) is 22.9 Å². The summed E-state index contributed by atoms with van der Waals surface area (Å²) < 4.78 is 33.5. The van der Waals surface area contributed by atoms with Gasteiger partial charge in [0.25, 0.3) is 0 Å². The minimum absolute atomic E-state index is 0.418. The Bertz CT molecular complexity index is 880. The van der Waals surface area contributed by atoms with Gasteiger partial charge >= 0.3 is 0 Å². The zero-order valence-corrected chi connectivity index (χ0v) is 16.6. The summed E-state index contributed by atoms with van der Waals surface area (Å²) in [7, 11) is -3.46. The molecule has 0 atom stereocenters. The molecule has 0 aliphatic carbocycles. The van der Waals surface area contributed by atoms with Gasteiger partial charge in [0, 0.05) is 13.0 Å². The van der Waals surface area contributed by atoms with Crippen LogP contribution in [-0.4, -0.2) is 21.6 Å². The molecule has 26 heavy (non-hydrogen) atoms.